The molecule has 5 nitrogen and oxygen atoms in total. The predicted octanol–water partition coefficient (Wildman–Crippen LogP) is 4.59. The first kappa shape index (κ1) is 16.1. The Labute approximate surface area is 150 Å². The average Bonchev–Trinajstić information content (AvgIpc) is 3.03. The summed E-state index contributed by atoms with van der Waals surface area (Å²) in [7, 11) is 0. The quantitative estimate of drug-likeness (QED) is 0.510. The Morgan fingerprint density at radius 1 is 1.30 bits per heavy atom. The Kier molecular flexibility index (Phi) is 4.50. The topological polar surface area (TPSA) is 72.4 Å². The summed E-state index contributed by atoms with van der Waals surface area (Å²) in [5, 5.41) is 5.42. The Bertz CT molecular complexity index is 908. The lowest BCUT2D eigenvalue weighted by Gasteiger charge is -2.06. The average molecular weight is 388 g/mol. The molecule has 3 aromatic rings. The number of halogens is 3. The summed E-state index contributed by atoms with van der Waals surface area (Å²) in [4.78, 5) is 17.0. The van der Waals surface area contributed by atoms with Crippen molar-refractivity contribution >= 4 is 74.5 Å². The van der Waals surface area contributed by atoms with Gasteiger partial charge in [0.1, 0.15) is 0 Å². The largest absolute Gasteiger partial charge is 0.396 e. The fraction of sp³-hybridized carbons (Fsp3) is 0. The first-order valence-electron chi connectivity index (χ1n) is 6.30. The molecule has 0 fully saturated rings. The lowest BCUT2D eigenvalue weighted by molar-refractivity contribution is -0.111. The molecule has 2 aromatic heterocycles. The van der Waals surface area contributed by atoms with E-state index in [4.69, 9.17) is 40.5 Å². The molecule has 0 aliphatic carbocycles. The molecule has 0 unspecified atom stereocenters. The molecular formula is C14H9Cl3N4OS. The summed E-state index contributed by atoms with van der Waals surface area (Å²) in [6.45, 7) is 0. The highest BCUT2D eigenvalue weighted by atomic mass is 35.5. The van der Waals surface area contributed by atoms with Crippen LogP contribution in [0.5, 0.6) is 0 Å². The van der Waals surface area contributed by atoms with Crippen LogP contribution in [0.25, 0.3) is 11.0 Å². The summed E-state index contributed by atoms with van der Waals surface area (Å²) in [6, 6.07) is 3.05. The van der Waals surface area contributed by atoms with E-state index in [2.05, 4.69) is 10.3 Å². The van der Waals surface area contributed by atoms with Gasteiger partial charge in [0.15, 0.2) is 10.1 Å². The van der Waals surface area contributed by atoms with Crippen molar-refractivity contribution < 1.29 is 4.79 Å². The van der Waals surface area contributed by atoms with Crippen molar-refractivity contribution in [3.8, 4) is 0 Å². The zero-order chi connectivity index (χ0) is 16.6. The van der Waals surface area contributed by atoms with E-state index < -0.39 is 0 Å². The fourth-order valence-electron chi connectivity index (χ4n) is 1.92. The molecule has 2 heterocycles. The molecule has 1 aromatic carbocycles. The molecule has 0 radical (unpaired) electrons. The van der Waals surface area contributed by atoms with Crippen LogP contribution in [0.2, 0.25) is 15.2 Å². The van der Waals surface area contributed by atoms with Crippen LogP contribution in [-0.4, -0.2) is 15.3 Å². The number of imidazole rings is 1. The van der Waals surface area contributed by atoms with E-state index in [1.807, 2.05) is 11.6 Å². The Morgan fingerprint density at radius 3 is 2.70 bits per heavy atom. The molecule has 0 spiro atoms. The minimum Gasteiger partial charge on any atom is -0.396 e. The molecule has 118 valence electrons. The molecule has 0 atom stereocenters. The lowest BCUT2D eigenvalue weighted by atomic mass is 10.2. The summed E-state index contributed by atoms with van der Waals surface area (Å²) < 4.78 is 1.80. The zero-order valence-electron chi connectivity index (χ0n) is 11.4. The maximum absolute atomic E-state index is 12.0. The van der Waals surface area contributed by atoms with E-state index in [1.54, 1.807) is 10.5 Å². The van der Waals surface area contributed by atoms with Crippen LogP contribution in [0.3, 0.4) is 0 Å². The highest BCUT2D eigenvalue weighted by molar-refractivity contribution is 7.15. The highest BCUT2D eigenvalue weighted by Gasteiger charge is 2.10. The van der Waals surface area contributed by atoms with Crippen molar-refractivity contribution in [1.29, 1.82) is 0 Å². The van der Waals surface area contributed by atoms with E-state index in [9.17, 15) is 4.79 Å². The maximum Gasteiger partial charge on any atom is 0.248 e. The number of amides is 1. The minimum absolute atomic E-state index is 0.271. The number of carbonyl (C=O) groups is 1. The van der Waals surface area contributed by atoms with Crippen molar-refractivity contribution in [2.24, 2.45) is 0 Å². The van der Waals surface area contributed by atoms with Crippen molar-refractivity contribution in [1.82, 2.24) is 9.38 Å². The molecule has 9 heteroatoms. The van der Waals surface area contributed by atoms with E-state index >= 15 is 0 Å². The SMILES string of the molecule is Nc1c(Cl)cc(NC(=O)C=Cc2c(Cl)nc3sccn23)cc1Cl. The Balaban J connectivity index is 1.79. The van der Waals surface area contributed by atoms with Gasteiger partial charge in [-0.05, 0) is 18.2 Å². The van der Waals surface area contributed by atoms with Gasteiger partial charge < -0.3 is 11.1 Å². The number of fused-ring (bicyclic) bond motifs is 1. The van der Waals surface area contributed by atoms with Gasteiger partial charge in [-0.25, -0.2) is 4.98 Å². The van der Waals surface area contributed by atoms with Crippen molar-refractivity contribution in [3.63, 3.8) is 0 Å². The zero-order valence-corrected chi connectivity index (χ0v) is 14.5. The molecule has 0 bridgehead atoms. The number of rotatable bonds is 3. The van der Waals surface area contributed by atoms with Crippen molar-refractivity contribution in [3.05, 3.63) is 50.7 Å². The Morgan fingerprint density at radius 2 is 2.00 bits per heavy atom. The fourth-order valence-corrected chi connectivity index (χ4v) is 3.41. The molecule has 0 aliphatic rings. The number of aromatic nitrogens is 2. The van der Waals surface area contributed by atoms with E-state index in [0.717, 1.165) is 4.96 Å². The highest BCUT2D eigenvalue weighted by Crippen LogP contribution is 2.31. The van der Waals surface area contributed by atoms with Crippen LogP contribution >= 0.6 is 46.1 Å². The molecule has 1 amide bonds. The smallest absolute Gasteiger partial charge is 0.248 e. The first-order valence-corrected chi connectivity index (χ1v) is 8.31. The second-order valence-electron chi connectivity index (χ2n) is 4.52. The molecule has 3 N–H and O–H groups in total. The number of nitrogens with one attached hydrogen (secondary N) is 1. The molecule has 0 saturated heterocycles. The van der Waals surface area contributed by atoms with Crippen molar-refractivity contribution in [2.45, 2.75) is 0 Å². The third-order valence-electron chi connectivity index (χ3n) is 2.99. The van der Waals surface area contributed by atoms with Gasteiger partial charge in [-0.2, -0.15) is 0 Å². The summed E-state index contributed by atoms with van der Waals surface area (Å²) >= 11 is 19.4. The molecule has 3 rings (SSSR count). The van der Waals surface area contributed by atoms with Gasteiger partial charge in [0.05, 0.1) is 21.4 Å². The number of nitrogen functional groups attached to an aromatic ring is 1. The van der Waals surface area contributed by atoms with Crippen LogP contribution in [0, 0.1) is 0 Å². The van der Waals surface area contributed by atoms with Gasteiger partial charge in [-0.15, -0.1) is 11.3 Å². The number of hydrogen-bond donors (Lipinski definition) is 2. The van der Waals surface area contributed by atoms with Gasteiger partial charge in [-0.3, -0.25) is 9.20 Å². The maximum atomic E-state index is 12.0. The monoisotopic (exact) mass is 386 g/mol. The second-order valence-corrected chi connectivity index (χ2v) is 6.57. The predicted molar refractivity (Wildman–Crippen MR) is 96.6 cm³/mol. The molecular weight excluding hydrogens is 379 g/mol. The van der Waals surface area contributed by atoms with Gasteiger partial charge in [0.2, 0.25) is 5.91 Å². The van der Waals surface area contributed by atoms with Gasteiger partial charge >= 0.3 is 0 Å². The van der Waals surface area contributed by atoms with Crippen LogP contribution in [0.4, 0.5) is 11.4 Å². The molecule has 0 saturated carbocycles. The minimum atomic E-state index is -0.358. The Hall–Kier alpha value is -1.73. The molecule has 23 heavy (non-hydrogen) atoms. The third-order valence-corrected chi connectivity index (χ3v) is 4.65. The first-order chi connectivity index (χ1) is 11.0. The number of thiazole rings is 1. The summed E-state index contributed by atoms with van der Waals surface area (Å²) in [6.07, 6.45) is 4.77. The number of hydrogen-bond acceptors (Lipinski definition) is 4. The number of benzene rings is 1. The van der Waals surface area contributed by atoms with Gasteiger partial charge in [0.25, 0.3) is 0 Å². The standard InChI is InChI=1S/C14H9Cl3N4OS/c15-8-5-7(6-9(16)12(8)18)19-11(22)2-1-10-13(17)20-14-21(10)3-4-23-14/h1-6H,18H2,(H,19,22). The molecule has 0 aliphatic heterocycles. The summed E-state index contributed by atoms with van der Waals surface area (Å²) in [5.41, 5.74) is 7.00. The summed E-state index contributed by atoms with van der Waals surface area (Å²) in [5.74, 6) is -0.358. The van der Waals surface area contributed by atoms with Crippen LogP contribution < -0.4 is 11.1 Å². The normalized spacial score (nSPS) is 11.4. The second kappa shape index (κ2) is 6.41. The van der Waals surface area contributed by atoms with Gasteiger partial charge in [-0.1, -0.05) is 34.8 Å². The number of nitrogens with two attached hydrogens (primary N) is 1. The van der Waals surface area contributed by atoms with E-state index in [0.29, 0.717) is 16.5 Å². The van der Waals surface area contributed by atoms with Crippen molar-refractivity contribution in [2.75, 3.05) is 11.1 Å². The van der Waals surface area contributed by atoms with Gasteiger partial charge in [0, 0.05) is 23.3 Å². The number of carbonyl (C=O) groups excluding carboxylic acids is 1. The number of anilines is 2. The van der Waals surface area contributed by atoms with E-state index in [-0.39, 0.29) is 21.6 Å². The third kappa shape index (κ3) is 3.30. The van der Waals surface area contributed by atoms with E-state index in [1.165, 1.54) is 29.5 Å². The van der Waals surface area contributed by atoms with Crippen LogP contribution in [0.1, 0.15) is 5.69 Å². The van der Waals surface area contributed by atoms with Crippen LogP contribution in [-0.2, 0) is 4.79 Å². The lowest BCUT2D eigenvalue weighted by Crippen LogP contribution is -2.08. The number of nitrogens with zero attached hydrogens (tertiary/aromatic N) is 2. The van der Waals surface area contributed by atoms with Crippen LogP contribution in [0.15, 0.2) is 29.8 Å².